The Hall–Kier alpha value is 0.0899. The zero-order chi connectivity index (χ0) is 22.8. The van der Waals surface area contributed by atoms with Crippen molar-refractivity contribution < 1.29 is 19.2 Å². The summed E-state index contributed by atoms with van der Waals surface area (Å²) in [6, 6.07) is 0. The van der Waals surface area contributed by atoms with Gasteiger partial charge in [-0.25, -0.2) is 0 Å². The molecule has 2 rings (SSSR count). The van der Waals surface area contributed by atoms with Gasteiger partial charge >= 0.3 is 0 Å². The van der Waals surface area contributed by atoms with Gasteiger partial charge in [0.15, 0.2) is 0 Å². The van der Waals surface area contributed by atoms with Crippen LogP contribution in [-0.2, 0) is 19.2 Å². The highest BCUT2D eigenvalue weighted by Gasteiger charge is 2.33. The van der Waals surface area contributed by atoms with Crippen molar-refractivity contribution in [1.29, 1.82) is 0 Å². The van der Waals surface area contributed by atoms with E-state index in [0.29, 0.717) is 45.4 Å². The quantitative estimate of drug-likeness (QED) is 0.0668. The maximum atomic E-state index is 12.1. The average molecular weight is 689 g/mol. The third kappa shape index (κ3) is 8.42. The van der Waals surface area contributed by atoms with Gasteiger partial charge in [0, 0.05) is 75.3 Å². The molecular weight excluding hydrogens is 664 g/mol. The van der Waals surface area contributed by atoms with Gasteiger partial charge in [0.25, 0.3) is 22.0 Å². The molecule has 0 radical (unpaired) electrons. The van der Waals surface area contributed by atoms with E-state index in [1.807, 2.05) is 0 Å². The topological polar surface area (TPSA) is 111 Å². The minimum atomic E-state index is -0.245. The molecule has 0 spiro atoms. The maximum Gasteiger partial charge on any atom is 0.278 e. The van der Waals surface area contributed by atoms with Crippen LogP contribution in [0.1, 0.15) is 0 Å². The summed E-state index contributed by atoms with van der Waals surface area (Å²) in [6.07, 6.45) is 2.87. The normalized spacial score (nSPS) is 16.7. The molecule has 2 aliphatic rings. The molecule has 0 aromatic heterocycles. The van der Waals surface area contributed by atoms with Crippen LogP contribution in [0.3, 0.4) is 0 Å². The van der Waals surface area contributed by atoms with Crippen LogP contribution in [0.4, 0.5) is 0 Å². The molecule has 0 aromatic rings. The summed E-state index contributed by atoms with van der Waals surface area (Å²) in [5.74, 6) is -0.821. The fourth-order valence-electron chi connectivity index (χ4n) is 2.97. The molecule has 168 valence electrons. The Labute approximate surface area is 214 Å². The first-order chi connectivity index (χ1) is 14.9. The van der Waals surface area contributed by atoms with E-state index < -0.39 is 0 Å². The monoisotopic (exact) mass is 689 g/mol. The molecule has 9 nitrogen and oxygen atoms in total. The lowest BCUT2D eigenvalue weighted by Crippen LogP contribution is -2.40. The number of nitrogens with one attached hydrogen (secondary N) is 3. The van der Waals surface area contributed by atoms with Crippen molar-refractivity contribution in [3.63, 3.8) is 0 Å². The summed E-state index contributed by atoms with van der Waals surface area (Å²) in [5, 5.41) is 10.3. The van der Waals surface area contributed by atoms with Crippen LogP contribution in [0.5, 0.6) is 0 Å². The maximum absolute atomic E-state index is 12.1. The summed E-state index contributed by atoms with van der Waals surface area (Å²) in [5.41, 5.74) is 0.529. The molecule has 0 fully saturated rings. The SMILES string of the molecule is O=C1C=C(PBI)C(=O)N1CCNCCNCCNCCN1C(=O)C=C(B(P)I)C1=O. The largest absolute Gasteiger partial charge is 0.314 e. The van der Waals surface area contributed by atoms with Gasteiger partial charge in [0.1, 0.15) is 0 Å². The van der Waals surface area contributed by atoms with Crippen molar-refractivity contribution in [3.05, 3.63) is 22.9 Å². The number of carbonyl (C=O) groups excluding carboxylic acids is 4. The summed E-state index contributed by atoms with van der Waals surface area (Å²) in [6.45, 7) is 4.80. The number of hydrogen-bond acceptors (Lipinski definition) is 7. The van der Waals surface area contributed by atoms with E-state index in [9.17, 15) is 19.2 Å². The third-order valence-electron chi connectivity index (χ3n) is 4.58. The number of hydrogen-bond donors (Lipinski definition) is 3. The van der Waals surface area contributed by atoms with Crippen LogP contribution in [0.2, 0.25) is 0 Å². The van der Waals surface area contributed by atoms with E-state index in [1.165, 1.54) is 22.0 Å². The lowest BCUT2D eigenvalue weighted by Gasteiger charge is -2.16. The van der Waals surface area contributed by atoms with Crippen molar-refractivity contribution in [2.24, 2.45) is 0 Å². The Balaban J connectivity index is 1.45. The van der Waals surface area contributed by atoms with Crippen molar-refractivity contribution in [1.82, 2.24) is 25.8 Å². The first kappa shape index (κ1) is 27.3. The smallest absolute Gasteiger partial charge is 0.278 e. The van der Waals surface area contributed by atoms with E-state index in [4.69, 9.17) is 0 Å². The number of halogens is 2. The summed E-state index contributed by atoms with van der Waals surface area (Å²) >= 11 is 4.30. The third-order valence-corrected chi connectivity index (χ3v) is 7.63. The Bertz CT molecular complexity index is 772. The number of rotatable bonds is 15. The van der Waals surface area contributed by atoms with E-state index in [-0.39, 0.29) is 27.9 Å². The molecule has 3 N–H and O–H groups in total. The molecular formula is C16H25B2I2N5O4P2. The average Bonchev–Trinajstić information content (AvgIpc) is 3.16. The van der Waals surface area contributed by atoms with Gasteiger partial charge in [0.2, 0.25) is 10.8 Å². The van der Waals surface area contributed by atoms with Gasteiger partial charge < -0.3 is 16.0 Å². The summed E-state index contributed by atoms with van der Waals surface area (Å²) in [4.78, 5) is 51.4. The summed E-state index contributed by atoms with van der Waals surface area (Å²) in [7, 11) is 2.91. The highest BCUT2D eigenvalue weighted by molar-refractivity contribution is 14.1. The molecule has 0 saturated heterocycles. The van der Waals surface area contributed by atoms with Gasteiger partial charge in [-0.15, -0.1) is 53.2 Å². The van der Waals surface area contributed by atoms with E-state index in [2.05, 4.69) is 69.8 Å². The number of amides is 4. The van der Waals surface area contributed by atoms with Crippen molar-refractivity contribution >= 4 is 95.1 Å². The zero-order valence-electron chi connectivity index (χ0n) is 17.0. The number of carbonyl (C=O) groups is 4. The van der Waals surface area contributed by atoms with Crippen molar-refractivity contribution in [2.75, 3.05) is 52.4 Å². The molecule has 15 heteroatoms. The molecule has 2 atom stereocenters. The second-order valence-corrected chi connectivity index (χ2v) is 13.5. The fourth-order valence-corrected chi connectivity index (χ4v) is 5.54. The Morgan fingerprint density at radius 3 is 1.84 bits per heavy atom. The van der Waals surface area contributed by atoms with Crippen LogP contribution in [-0.4, -0.2) is 94.9 Å². The van der Waals surface area contributed by atoms with Crippen molar-refractivity contribution in [3.8, 4) is 0 Å². The molecule has 0 aromatic carbocycles. The van der Waals surface area contributed by atoms with Crippen LogP contribution in [0, 0.1) is 0 Å². The second-order valence-electron chi connectivity index (χ2n) is 6.71. The molecule has 0 bridgehead atoms. The Morgan fingerprint density at radius 2 is 1.35 bits per heavy atom. The van der Waals surface area contributed by atoms with Gasteiger partial charge in [-0.3, -0.25) is 29.0 Å². The molecule has 2 heterocycles. The van der Waals surface area contributed by atoms with Gasteiger partial charge in [-0.2, -0.15) is 9.12 Å². The van der Waals surface area contributed by atoms with E-state index in [0.717, 1.165) is 31.0 Å². The predicted octanol–water partition coefficient (Wildman–Crippen LogP) is -0.979. The fraction of sp³-hybridized carbons (Fsp3) is 0.500. The minimum Gasteiger partial charge on any atom is -0.314 e. The Kier molecular flexibility index (Phi) is 12.7. The van der Waals surface area contributed by atoms with E-state index in [1.54, 1.807) is 0 Å². The minimum absolute atomic E-state index is 0.0589. The molecule has 31 heavy (non-hydrogen) atoms. The standard InChI is InChI=1S/C16H25B2I2N5O4P2/c19-17-31-12-10-14(27)25(16(12)29)8-6-23-4-2-21-1-3-22-5-7-24-13(26)9-11(15(24)28)18(20)30/h9-10,17,21-23,31H,1-8,30H2. The lowest BCUT2D eigenvalue weighted by atomic mass is 9.94. The van der Waals surface area contributed by atoms with Crippen LogP contribution in [0.25, 0.3) is 0 Å². The number of imide groups is 2. The molecule has 4 amide bonds. The molecule has 2 aliphatic heterocycles. The highest BCUT2D eigenvalue weighted by atomic mass is 127. The first-order valence-corrected chi connectivity index (χ1v) is 14.5. The lowest BCUT2D eigenvalue weighted by molar-refractivity contribution is -0.138. The number of nitrogens with zero attached hydrogens (tertiary/aromatic N) is 2. The Morgan fingerprint density at radius 1 is 0.871 bits per heavy atom. The highest BCUT2D eigenvalue weighted by Crippen LogP contribution is 2.29. The van der Waals surface area contributed by atoms with Crippen LogP contribution in [0.15, 0.2) is 22.9 Å². The van der Waals surface area contributed by atoms with Gasteiger partial charge in [0.05, 0.1) is 0 Å². The van der Waals surface area contributed by atoms with Gasteiger partial charge in [-0.05, 0) is 0 Å². The van der Waals surface area contributed by atoms with Gasteiger partial charge in [-0.1, -0.05) is 0 Å². The van der Waals surface area contributed by atoms with E-state index >= 15 is 0 Å². The zero-order valence-corrected chi connectivity index (χ0v) is 23.4. The predicted molar refractivity (Wildman–Crippen MR) is 147 cm³/mol. The first-order valence-electron chi connectivity index (χ1n) is 9.83. The molecule has 0 aliphatic carbocycles. The van der Waals surface area contributed by atoms with Crippen LogP contribution < -0.4 is 16.0 Å². The second kappa shape index (κ2) is 14.4. The van der Waals surface area contributed by atoms with Crippen molar-refractivity contribution in [2.45, 2.75) is 0 Å². The van der Waals surface area contributed by atoms with Crippen LogP contribution >= 0.6 is 62.3 Å². The summed E-state index contributed by atoms with van der Waals surface area (Å²) < 4.78 is -0.0589. The molecule has 2 unspecified atom stereocenters. The molecule has 0 saturated carbocycles.